The highest BCUT2D eigenvalue weighted by Gasteiger charge is 2.20. The quantitative estimate of drug-likeness (QED) is 0.618. The third-order valence-electron chi connectivity index (χ3n) is 1.75. The molecule has 0 aromatic heterocycles. The number of benzene rings is 1. The van der Waals surface area contributed by atoms with Crippen LogP contribution in [-0.4, -0.2) is 12.1 Å². The summed E-state index contributed by atoms with van der Waals surface area (Å²) < 4.78 is 0. The lowest BCUT2D eigenvalue weighted by molar-refractivity contribution is -0.683. The van der Waals surface area contributed by atoms with E-state index in [2.05, 4.69) is 4.99 Å². The molecule has 0 bridgehead atoms. The average molecular weight is 197 g/mol. The van der Waals surface area contributed by atoms with Gasteiger partial charge in [0.1, 0.15) is 11.9 Å². The molecule has 1 atom stereocenters. The van der Waals surface area contributed by atoms with E-state index in [-0.39, 0.29) is 0 Å². The number of hydrogen-bond acceptors (Lipinski definition) is 3. The third-order valence-corrected chi connectivity index (χ3v) is 1.98. The molecule has 1 heterocycles. The SMILES string of the molecule is O=C1C=Nc2cc(Cl)ccc2[NH+]1[O-]. The van der Waals surface area contributed by atoms with Crippen LogP contribution < -0.4 is 5.06 Å². The topological polar surface area (TPSA) is 56.9 Å². The van der Waals surface area contributed by atoms with Crippen LogP contribution in [0.15, 0.2) is 23.2 Å². The fourth-order valence-electron chi connectivity index (χ4n) is 1.12. The molecule has 1 aliphatic rings. The highest BCUT2D eigenvalue weighted by atomic mass is 35.5. The van der Waals surface area contributed by atoms with Gasteiger partial charge in [0.05, 0.1) is 0 Å². The number of quaternary nitrogens is 1. The second-order valence-electron chi connectivity index (χ2n) is 2.61. The van der Waals surface area contributed by atoms with Gasteiger partial charge in [0.15, 0.2) is 5.69 Å². The van der Waals surface area contributed by atoms with E-state index < -0.39 is 11.0 Å². The van der Waals surface area contributed by atoms with Crippen LogP contribution in [0.1, 0.15) is 0 Å². The zero-order valence-electron chi connectivity index (χ0n) is 6.45. The van der Waals surface area contributed by atoms with E-state index in [1.807, 2.05) is 0 Å². The van der Waals surface area contributed by atoms with Gasteiger partial charge in [0, 0.05) is 11.1 Å². The molecular formula is C8H5ClN2O2. The van der Waals surface area contributed by atoms with Gasteiger partial charge in [0.2, 0.25) is 0 Å². The van der Waals surface area contributed by atoms with Crippen molar-refractivity contribution in [1.82, 2.24) is 0 Å². The molecule has 1 aliphatic heterocycles. The smallest absolute Gasteiger partial charge is 0.360 e. The lowest BCUT2D eigenvalue weighted by Gasteiger charge is -2.21. The molecule has 66 valence electrons. The molecule has 1 aromatic rings. The maximum atomic E-state index is 11.2. The van der Waals surface area contributed by atoms with Crippen LogP contribution in [0.2, 0.25) is 5.02 Å². The predicted molar refractivity (Wildman–Crippen MR) is 48.6 cm³/mol. The zero-order valence-corrected chi connectivity index (χ0v) is 7.21. The molecule has 1 aromatic carbocycles. The van der Waals surface area contributed by atoms with Gasteiger partial charge in [-0.05, 0) is 12.1 Å². The minimum atomic E-state index is -0.588. The average Bonchev–Trinajstić information content (AvgIpc) is 2.12. The first kappa shape index (κ1) is 8.37. The van der Waals surface area contributed by atoms with Crippen molar-refractivity contribution in [2.75, 3.05) is 0 Å². The number of amides is 1. The Bertz CT molecular complexity index is 403. The fourth-order valence-corrected chi connectivity index (χ4v) is 1.29. The third kappa shape index (κ3) is 1.35. The molecule has 1 N–H and O–H groups in total. The number of rotatable bonds is 0. The molecule has 4 nitrogen and oxygen atoms in total. The minimum absolute atomic E-state index is 0.317. The summed E-state index contributed by atoms with van der Waals surface area (Å²) in [7, 11) is 0. The summed E-state index contributed by atoms with van der Waals surface area (Å²) in [4.78, 5) is 14.7. The van der Waals surface area contributed by atoms with E-state index in [1.54, 1.807) is 12.1 Å². The van der Waals surface area contributed by atoms with Gasteiger partial charge in [-0.1, -0.05) is 11.6 Å². The maximum absolute atomic E-state index is 11.2. The lowest BCUT2D eigenvalue weighted by atomic mass is 10.2. The van der Waals surface area contributed by atoms with Crippen molar-refractivity contribution in [1.29, 1.82) is 0 Å². The Labute approximate surface area is 79.0 Å². The first-order chi connectivity index (χ1) is 6.18. The van der Waals surface area contributed by atoms with Crippen molar-refractivity contribution < 1.29 is 9.86 Å². The fraction of sp³-hybridized carbons (Fsp3) is 0. The molecule has 1 unspecified atom stereocenters. The van der Waals surface area contributed by atoms with Gasteiger partial charge >= 0.3 is 5.91 Å². The maximum Gasteiger partial charge on any atom is 0.360 e. The van der Waals surface area contributed by atoms with Crippen LogP contribution in [0.4, 0.5) is 11.4 Å². The van der Waals surface area contributed by atoms with Gasteiger partial charge in [-0.3, -0.25) is 5.06 Å². The van der Waals surface area contributed by atoms with Crippen LogP contribution >= 0.6 is 11.6 Å². The number of fused-ring (bicyclic) bond motifs is 1. The number of nitrogens with one attached hydrogen (secondary N) is 1. The van der Waals surface area contributed by atoms with E-state index in [0.717, 1.165) is 6.21 Å². The van der Waals surface area contributed by atoms with E-state index in [0.29, 0.717) is 16.4 Å². The number of nitrogens with zero attached hydrogens (tertiary/aromatic N) is 1. The summed E-state index contributed by atoms with van der Waals surface area (Å²) in [6.45, 7) is 0. The largest absolute Gasteiger partial charge is 0.621 e. The molecule has 2 rings (SSSR count). The van der Waals surface area contributed by atoms with Gasteiger partial charge < -0.3 is 5.21 Å². The van der Waals surface area contributed by atoms with Crippen LogP contribution in [0.3, 0.4) is 0 Å². The van der Waals surface area contributed by atoms with Crippen molar-refractivity contribution >= 4 is 35.1 Å². The van der Waals surface area contributed by atoms with Crippen LogP contribution in [0, 0.1) is 5.21 Å². The van der Waals surface area contributed by atoms with Crippen LogP contribution in [0.5, 0.6) is 0 Å². The first-order valence-electron chi connectivity index (χ1n) is 3.61. The van der Waals surface area contributed by atoms with Crippen molar-refractivity contribution in [3.05, 3.63) is 28.4 Å². The normalized spacial score (nSPS) is 20.2. The van der Waals surface area contributed by atoms with Crippen LogP contribution in [-0.2, 0) is 4.79 Å². The summed E-state index contributed by atoms with van der Waals surface area (Å²) in [5.41, 5.74) is 0.772. The zero-order chi connectivity index (χ0) is 9.42. The van der Waals surface area contributed by atoms with Gasteiger partial charge in [-0.2, -0.15) is 0 Å². The molecule has 5 heteroatoms. The lowest BCUT2D eigenvalue weighted by Crippen LogP contribution is -3.06. The molecule has 0 aliphatic carbocycles. The molecule has 0 fully saturated rings. The van der Waals surface area contributed by atoms with Crippen LogP contribution in [0.25, 0.3) is 0 Å². The van der Waals surface area contributed by atoms with Crippen molar-refractivity contribution in [3.63, 3.8) is 0 Å². The number of hydrogen-bond donors (Lipinski definition) is 1. The summed E-state index contributed by atoms with van der Waals surface area (Å²) in [6.07, 6.45) is 1.01. The first-order valence-corrected chi connectivity index (χ1v) is 3.98. The van der Waals surface area contributed by atoms with Gasteiger partial charge in [-0.15, -0.1) is 0 Å². The second-order valence-corrected chi connectivity index (χ2v) is 3.05. The Hall–Kier alpha value is -1.23. The second kappa shape index (κ2) is 2.92. The van der Waals surface area contributed by atoms with E-state index >= 15 is 0 Å². The van der Waals surface area contributed by atoms with Crippen molar-refractivity contribution in [3.8, 4) is 0 Å². The minimum Gasteiger partial charge on any atom is -0.621 e. The van der Waals surface area contributed by atoms with E-state index in [4.69, 9.17) is 11.6 Å². The van der Waals surface area contributed by atoms with E-state index in [9.17, 15) is 10.0 Å². The monoisotopic (exact) mass is 196 g/mol. The number of halogens is 1. The highest BCUT2D eigenvalue weighted by molar-refractivity contribution is 6.31. The number of carbonyl (C=O) groups is 1. The Morgan fingerprint density at radius 2 is 2.23 bits per heavy atom. The van der Waals surface area contributed by atoms with E-state index in [1.165, 1.54) is 6.07 Å². The molecule has 0 radical (unpaired) electrons. The Morgan fingerprint density at radius 3 is 3.00 bits per heavy atom. The number of carbonyl (C=O) groups excluding carboxylic acids is 1. The summed E-state index contributed by atoms with van der Waals surface area (Å²) in [5.74, 6) is -0.588. The molecule has 0 saturated heterocycles. The summed E-state index contributed by atoms with van der Waals surface area (Å²) in [5, 5.41) is 11.2. The van der Waals surface area contributed by atoms with Crippen molar-refractivity contribution in [2.45, 2.75) is 0 Å². The highest BCUT2D eigenvalue weighted by Crippen LogP contribution is 2.26. The standard InChI is InChI=1S/C8H5ClN2O2/c9-5-1-2-7-6(3-5)10-4-8(12)11(7)13/h1-4,11H. The van der Waals surface area contributed by atoms with Crippen molar-refractivity contribution in [2.24, 2.45) is 4.99 Å². The summed E-state index contributed by atoms with van der Waals surface area (Å²) >= 11 is 5.69. The molecule has 0 saturated carbocycles. The van der Waals surface area contributed by atoms with Gasteiger partial charge in [-0.25, -0.2) is 9.79 Å². The number of hydroxylamine groups is 1. The predicted octanol–water partition coefficient (Wildman–Crippen LogP) is 0.597. The number of aliphatic imine (C=N–C) groups is 1. The molecule has 1 amide bonds. The molecular weight excluding hydrogens is 192 g/mol. The molecule has 0 spiro atoms. The Balaban J connectivity index is 2.59. The van der Waals surface area contributed by atoms with Gasteiger partial charge in [0.25, 0.3) is 0 Å². The summed E-state index contributed by atoms with van der Waals surface area (Å²) in [6, 6.07) is 4.62. The Morgan fingerprint density at radius 1 is 1.46 bits per heavy atom. The molecule has 13 heavy (non-hydrogen) atoms. The Kier molecular flexibility index (Phi) is 1.88.